The number of fused-ring (bicyclic) bond motifs is 2. The van der Waals surface area contributed by atoms with E-state index in [0.717, 1.165) is 17.9 Å². The molecule has 2 heterocycles. The van der Waals surface area contributed by atoms with E-state index in [-0.39, 0.29) is 12.0 Å². The number of nitrogens with zero attached hydrogens (tertiary/aromatic N) is 1. The first-order valence-corrected chi connectivity index (χ1v) is 13.7. The van der Waals surface area contributed by atoms with Gasteiger partial charge in [-0.15, -0.1) is 0 Å². The maximum Gasteiger partial charge on any atom is 0.303 e. The lowest BCUT2D eigenvalue weighted by Crippen LogP contribution is -2.72. The van der Waals surface area contributed by atoms with Crippen molar-refractivity contribution < 1.29 is 31.5 Å². The van der Waals surface area contributed by atoms with E-state index in [1.807, 2.05) is 6.07 Å². The van der Waals surface area contributed by atoms with E-state index in [1.165, 1.54) is 32.9 Å². The van der Waals surface area contributed by atoms with Crippen LogP contribution in [0.5, 0.6) is 0 Å². The second kappa shape index (κ2) is 9.55. The molecule has 5 rings (SSSR count). The van der Waals surface area contributed by atoms with Gasteiger partial charge in [0.2, 0.25) is 10.0 Å². The number of hydrogen-bond acceptors (Lipinski definition) is 5. The summed E-state index contributed by atoms with van der Waals surface area (Å²) < 4.78 is 60.1. The Labute approximate surface area is 209 Å². The van der Waals surface area contributed by atoms with Crippen molar-refractivity contribution in [3.05, 3.63) is 59.7 Å². The Kier molecular flexibility index (Phi) is 6.96. The molecule has 7 nitrogen and oxygen atoms in total. The minimum Gasteiger partial charge on any atom is -0.450 e. The highest BCUT2D eigenvalue weighted by Crippen LogP contribution is 2.45. The van der Waals surface area contributed by atoms with Gasteiger partial charge < -0.3 is 9.64 Å². The molecule has 36 heavy (non-hydrogen) atoms. The van der Waals surface area contributed by atoms with Gasteiger partial charge in [-0.2, -0.15) is 0 Å². The van der Waals surface area contributed by atoms with E-state index in [1.54, 1.807) is 23.1 Å². The van der Waals surface area contributed by atoms with Gasteiger partial charge >= 0.3 is 5.97 Å². The first-order chi connectivity index (χ1) is 16.7. The van der Waals surface area contributed by atoms with Gasteiger partial charge in [-0.05, 0) is 67.9 Å². The highest BCUT2D eigenvalue weighted by molar-refractivity contribution is 7.88. The summed E-state index contributed by atoms with van der Waals surface area (Å²) in [7, 11) is -3.58. The fraction of sp³-hybridized carbons (Fsp3) is 0.462. The Hall–Kier alpha value is -2.85. The van der Waals surface area contributed by atoms with Gasteiger partial charge in [-0.1, -0.05) is 24.3 Å². The molecule has 2 aromatic carbocycles. The van der Waals surface area contributed by atoms with Crippen molar-refractivity contribution in [2.45, 2.75) is 63.8 Å². The van der Waals surface area contributed by atoms with Crippen LogP contribution in [0.25, 0.3) is 11.1 Å². The SMILES string of the molecule is CC(=O)OC(C)(C)C(=O)N1C2CC(C2)C(NS(C)(=O)=O)C1Cc1cccc(-c2cc(F)cc(F)c2)c1. The Morgan fingerprint density at radius 3 is 2.31 bits per heavy atom. The summed E-state index contributed by atoms with van der Waals surface area (Å²) in [6, 6.07) is 9.21. The third-order valence-electron chi connectivity index (χ3n) is 6.89. The molecule has 1 aliphatic carbocycles. The van der Waals surface area contributed by atoms with Gasteiger partial charge in [0.1, 0.15) is 11.6 Å². The maximum atomic E-state index is 13.8. The Bertz CT molecular complexity index is 1270. The summed E-state index contributed by atoms with van der Waals surface area (Å²) in [5.74, 6) is -2.30. The predicted octanol–water partition coefficient (Wildman–Crippen LogP) is 3.42. The monoisotopic (exact) mass is 520 g/mol. The molecule has 0 spiro atoms. The van der Waals surface area contributed by atoms with Gasteiger partial charge in [0.15, 0.2) is 5.60 Å². The van der Waals surface area contributed by atoms with Gasteiger partial charge in [0, 0.05) is 25.1 Å². The molecule has 10 heteroatoms. The first-order valence-electron chi connectivity index (χ1n) is 11.8. The van der Waals surface area contributed by atoms with Crippen molar-refractivity contribution in [2.24, 2.45) is 5.92 Å². The number of sulfonamides is 1. The van der Waals surface area contributed by atoms with Crippen LogP contribution in [0.1, 0.15) is 39.2 Å². The lowest BCUT2D eigenvalue weighted by atomic mass is 9.66. The van der Waals surface area contributed by atoms with E-state index in [2.05, 4.69) is 4.72 Å². The number of halogens is 2. The molecule has 2 unspecified atom stereocenters. The number of hydrogen-bond donors (Lipinski definition) is 1. The molecular weight excluding hydrogens is 490 g/mol. The molecule has 2 atom stereocenters. The van der Waals surface area contributed by atoms with Crippen LogP contribution in [-0.4, -0.2) is 55.2 Å². The fourth-order valence-electron chi connectivity index (χ4n) is 5.43. The van der Waals surface area contributed by atoms with Crippen LogP contribution < -0.4 is 4.72 Å². The van der Waals surface area contributed by atoms with E-state index < -0.39 is 51.2 Å². The number of nitrogens with one attached hydrogen (secondary N) is 1. The second-order valence-electron chi connectivity index (χ2n) is 10.2. The van der Waals surface area contributed by atoms with Crippen molar-refractivity contribution in [3.8, 4) is 11.1 Å². The van der Waals surface area contributed by atoms with Crippen molar-refractivity contribution in [1.82, 2.24) is 9.62 Å². The van der Waals surface area contributed by atoms with E-state index >= 15 is 0 Å². The minimum absolute atomic E-state index is 0.0658. The highest BCUT2D eigenvalue weighted by atomic mass is 32.2. The van der Waals surface area contributed by atoms with Crippen LogP contribution in [-0.2, 0) is 30.8 Å². The topological polar surface area (TPSA) is 92.8 Å². The molecule has 1 amide bonds. The van der Waals surface area contributed by atoms with Crippen molar-refractivity contribution in [3.63, 3.8) is 0 Å². The molecule has 3 fully saturated rings. The maximum absolute atomic E-state index is 13.8. The molecule has 3 aliphatic rings. The highest BCUT2D eigenvalue weighted by Gasteiger charge is 2.55. The summed E-state index contributed by atoms with van der Waals surface area (Å²) in [5, 5.41) is 0. The van der Waals surface area contributed by atoms with Crippen LogP contribution in [0.15, 0.2) is 42.5 Å². The van der Waals surface area contributed by atoms with E-state index in [4.69, 9.17) is 4.74 Å². The Balaban J connectivity index is 1.70. The van der Waals surface area contributed by atoms with Crippen molar-refractivity contribution >= 4 is 21.9 Å². The van der Waals surface area contributed by atoms with Crippen LogP contribution in [0, 0.1) is 17.6 Å². The average Bonchev–Trinajstić information content (AvgIpc) is 2.70. The smallest absolute Gasteiger partial charge is 0.303 e. The summed E-state index contributed by atoms with van der Waals surface area (Å²) in [4.78, 5) is 27.0. The second-order valence-corrected chi connectivity index (χ2v) is 12.0. The number of esters is 1. The summed E-state index contributed by atoms with van der Waals surface area (Å²) >= 11 is 0. The number of ether oxygens (including phenoxy) is 1. The number of rotatable bonds is 7. The lowest BCUT2D eigenvalue weighted by Gasteiger charge is -2.59. The van der Waals surface area contributed by atoms with Gasteiger partial charge in [0.25, 0.3) is 5.91 Å². The number of benzene rings is 2. The lowest BCUT2D eigenvalue weighted by molar-refractivity contribution is -0.179. The molecule has 0 radical (unpaired) electrons. The van der Waals surface area contributed by atoms with Gasteiger partial charge in [-0.3, -0.25) is 9.59 Å². The summed E-state index contributed by atoms with van der Waals surface area (Å²) in [5.41, 5.74) is 0.309. The van der Waals surface area contributed by atoms with Gasteiger partial charge in [-0.25, -0.2) is 21.9 Å². The largest absolute Gasteiger partial charge is 0.450 e. The standard InChI is InChI=1S/C26H30F2N2O5S/c1-15(31)35-26(2,3)25(32)30-22-12-19(13-22)24(29-36(4,33)34)23(30)9-16-6-5-7-17(8-16)18-10-20(27)14-21(28)11-18/h5-8,10-11,14,19,22-24,29H,9,12-13H2,1-4H3. The van der Waals surface area contributed by atoms with Crippen LogP contribution in [0.2, 0.25) is 0 Å². The minimum atomic E-state index is -3.58. The molecule has 0 aromatic heterocycles. The normalized spacial score (nSPS) is 23.7. The quantitative estimate of drug-likeness (QED) is 0.565. The number of piperidine rings is 2. The van der Waals surface area contributed by atoms with Gasteiger partial charge in [0.05, 0.1) is 12.3 Å². The molecule has 2 saturated heterocycles. The molecule has 1 saturated carbocycles. The van der Waals surface area contributed by atoms with Crippen LogP contribution in [0.3, 0.4) is 0 Å². The Morgan fingerprint density at radius 1 is 1.08 bits per heavy atom. The molecular formula is C26H30F2N2O5S. The van der Waals surface area contributed by atoms with Crippen LogP contribution >= 0.6 is 0 Å². The molecule has 2 aromatic rings. The summed E-state index contributed by atoms with van der Waals surface area (Å²) in [6.07, 6.45) is 2.68. The number of carbonyl (C=O) groups excluding carboxylic acids is 2. The fourth-order valence-corrected chi connectivity index (χ4v) is 6.27. The van der Waals surface area contributed by atoms with Crippen molar-refractivity contribution in [1.29, 1.82) is 0 Å². The molecule has 1 N–H and O–H groups in total. The zero-order chi connectivity index (χ0) is 26.4. The predicted molar refractivity (Wildman–Crippen MR) is 130 cm³/mol. The van der Waals surface area contributed by atoms with E-state index in [0.29, 0.717) is 30.4 Å². The number of amides is 1. The third-order valence-corrected chi connectivity index (χ3v) is 7.59. The zero-order valence-electron chi connectivity index (χ0n) is 20.6. The summed E-state index contributed by atoms with van der Waals surface area (Å²) in [6.45, 7) is 4.28. The third kappa shape index (κ3) is 5.59. The van der Waals surface area contributed by atoms with E-state index in [9.17, 15) is 26.8 Å². The van der Waals surface area contributed by atoms with Crippen molar-refractivity contribution in [2.75, 3.05) is 6.26 Å². The molecule has 194 valence electrons. The Morgan fingerprint density at radius 2 is 1.72 bits per heavy atom. The van der Waals surface area contributed by atoms with Crippen LogP contribution in [0.4, 0.5) is 8.78 Å². The average molecular weight is 521 g/mol. The molecule has 2 bridgehead atoms. The first kappa shape index (κ1) is 26.2. The number of carbonyl (C=O) groups is 2. The molecule has 2 aliphatic heterocycles. The zero-order valence-corrected chi connectivity index (χ0v) is 21.4.